The Morgan fingerprint density at radius 1 is 0.176 bits per heavy atom. The van der Waals surface area contributed by atoms with Gasteiger partial charge >= 0.3 is 7.32 Å². The van der Waals surface area contributed by atoms with Crippen LogP contribution >= 0.6 is 0 Å². The summed E-state index contributed by atoms with van der Waals surface area (Å²) >= 11 is 0. The Labute approximate surface area is 485 Å². The maximum absolute atomic E-state index is 17.3. The van der Waals surface area contributed by atoms with Gasteiger partial charge in [-0.3, -0.25) is 0 Å². The van der Waals surface area contributed by atoms with Crippen molar-refractivity contribution in [3.8, 4) is 17.2 Å². The number of para-hydroxylation sites is 3. The van der Waals surface area contributed by atoms with E-state index >= 15 is 105 Å². The van der Waals surface area contributed by atoms with Gasteiger partial charge in [0.1, 0.15) is 46.7 Å². The molecule has 0 aliphatic rings. The standard InChI is InChI=1S/C40BF28.C18H15BO3/c42-13-1-5(21(50)37(66)33(13)62)17(46)29(58)25(54)9(1)41(10-2-6(18(47)30(59)26(10)55)22(51)38(67)34(63)14(2)43,11-3-7(19(48)31(60)27(11)56)23(52)39(68)35(64)15(3)44)12-4-8(20(49)32(61)28(12)57)24(53)40(69)36(65)16(4)45;1-4-10-16(11-5-1)20-19(21-17-12-6-2-7-13-17)22-18-14-8-3-9-15-18/h;1-15H/q-1;. The van der Waals surface area contributed by atoms with Gasteiger partial charge in [-0.15, -0.1) is 21.9 Å². The van der Waals surface area contributed by atoms with E-state index in [4.69, 9.17) is 14.0 Å². The van der Waals surface area contributed by atoms with Crippen LogP contribution in [0.4, 0.5) is 123 Å². The molecule has 0 aliphatic carbocycles. The van der Waals surface area contributed by atoms with Crippen LogP contribution in [0.1, 0.15) is 0 Å². The average molecular weight is 1310 g/mol. The zero-order chi connectivity index (χ0) is 66.6. The lowest BCUT2D eigenvalue weighted by Crippen LogP contribution is -2.79. The lowest BCUT2D eigenvalue weighted by atomic mass is 9.11. The van der Waals surface area contributed by atoms with Crippen molar-refractivity contribution in [2.45, 2.75) is 0 Å². The highest BCUT2D eigenvalue weighted by Gasteiger charge is 2.52. The Morgan fingerprint density at radius 3 is 0.484 bits per heavy atom. The molecule has 0 aromatic heterocycles. The maximum atomic E-state index is 17.3. The molecule has 0 amide bonds. The van der Waals surface area contributed by atoms with Gasteiger partial charge in [-0.25, -0.2) is 123 Å². The third-order valence-corrected chi connectivity index (χ3v) is 14.2. The van der Waals surface area contributed by atoms with Crippen molar-refractivity contribution in [1.82, 2.24) is 0 Å². The first kappa shape index (κ1) is 64.0. The molecule has 0 aliphatic heterocycles. The van der Waals surface area contributed by atoms with Crippen LogP contribution in [0.2, 0.25) is 0 Å². The number of halogens is 28. The molecule has 0 heterocycles. The van der Waals surface area contributed by atoms with Crippen LogP contribution in [0.3, 0.4) is 0 Å². The minimum Gasteiger partial charge on any atom is -0.490 e. The molecule has 0 spiro atoms. The monoisotopic (exact) mass is 1310 g/mol. The molecule has 0 atom stereocenters. The summed E-state index contributed by atoms with van der Waals surface area (Å²) in [4.78, 5) is 0. The summed E-state index contributed by atoms with van der Waals surface area (Å²) in [6, 6.07) is 28.3. The molecule has 0 fully saturated rings. The quantitative estimate of drug-likeness (QED) is 0.0591. The van der Waals surface area contributed by atoms with Crippen LogP contribution in [0.15, 0.2) is 91.0 Å². The van der Waals surface area contributed by atoms with Gasteiger partial charge in [0.05, 0.1) is 21.5 Å². The summed E-state index contributed by atoms with van der Waals surface area (Å²) in [6.45, 7) is 0. The van der Waals surface area contributed by atoms with Gasteiger partial charge in [0, 0.05) is 0 Å². The van der Waals surface area contributed by atoms with E-state index in [2.05, 4.69) is 0 Å². The van der Waals surface area contributed by atoms with Crippen LogP contribution in [-0.4, -0.2) is 13.5 Å². The third kappa shape index (κ3) is 9.54. The molecule has 0 radical (unpaired) electrons. The second-order valence-corrected chi connectivity index (χ2v) is 18.9. The molecule has 468 valence electrons. The first-order chi connectivity index (χ1) is 42.9. The van der Waals surface area contributed by atoms with Gasteiger partial charge in [0.25, 0.3) is 0 Å². The highest BCUT2D eigenvalue weighted by molar-refractivity contribution is 7.23. The molecule has 3 nitrogen and oxygen atoms in total. The minimum atomic E-state index is -8.05. The second kappa shape index (κ2) is 23.4. The molecule has 33 heteroatoms. The van der Waals surface area contributed by atoms with E-state index in [0.29, 0.717) is 17.2 Å². The van der Waals surface area contributed by atoms with Gasteiger partial charge in [-0.2, -0.15) is 0 Å². The minimum absolute atomic E-state index is 0.680. The first-order valence-corrected chi connectivity index (χ1v) is 24.5. The summed E-state index contributed by atoms with van der Waals surface area (Å²) in [7, 11) is -0.868. The van der Waals surface area contributed by atoms with Crippen molar-refractivity contribution in [3.63, 3.8) is 0 Å². The lowest BCUT2D eigenvalue weighted by Gasteiger charge is -2.47. The molecule has 0 unspecified atom stereocenters. The van der Waals surface area contributed by atoms with E-state index in [1.807, 2.05) is 91.0 Å². The second-order valence-electron chi connectivity index (χ2n) is 18.9. The molecule has 0 saturated carbocycles. The van der Waals surface area contributed by atoms with E-state index in [9.17, 15) is 17.6 Å². The Bertz CT molecular complexity index is 4290. The first-order valence-electron chi connectivity index (χ1n) is 24.5. The third-order valence-electron chi connectivity index (χ3n) is 14.2. The molecule has 11 aromatic carbocycles. The molecule has 0 N–H and O–H groups in total. The molecule has 91 heavy (non-hydrogen) atoms. The summed E-state index contributed by atoms with van der Waals surface area (Å²) in [6.07, 6.45) is -8.05. The fourth-order valence-corrected chi connectivity index (χ4v) is 10.5. The topological polar surface area (TPSA) is 27.7 Å². The van der Waals surface area contributed by atoms with E-state index in [1.165, 1.54) is 0 Å². The SMILES string of the molecule is Fc1c(F)c(F)c2c([B-](c3c(F)c(F)c(F)c4c(F)c(F)c(F)c(F)c34)(c3c(F)c(F)c(F)c4c(F)c(F)c(F)c(F)c34)c3c(F)c(F)c(F)c4c(F)c(F)c(F)c(F)c34)c(F)c(F)c(F)c2c1F.c1ccc(OB(Oc2ccccc2)Oc2ccccc2)cc1. The highest BCUT2D eigenvalue weighted by atomic mass is 19.2. The van der Waals surface area contributed by atoms with E-state index in [0.717, 1.165) is 0 Å². The Kier molecular flexibility index (Phi) is 16.5. The normalized spacial score (nSPS) is 11.7. The maximum Gasteiger partial charge on any atom is 0.864 e. The van der Waals surface area contributed by atoms with Gasteiger partial charge in [-0.05, 0) is 57.9 Å². The van der Waals surface area contributed by atoms with E-state index < -0.39 is 241 Å². The number of benzene rings is 11. The summed E-state index contributed by atoms with van der Waals surface area (Å²) < 4.78 is 464. The highest BCUT2D eigenvalue weighted by Crippen LogP contribution is 2.42. The Balaban J connectivity index is 0.000000346. The lowest BCUT2D eigenvalue weighted by molar-refractivity contribution is 0.307. The Hall–Kier alpha value is -9.97. The molecule has 0 bridgehead atoms. The van der Waals surface area contributed by atoms with E-state index in [1.54, 1.807) is 0 Å². The van der Waals surface area contributed by atoms with Gasteiger partial charge < -0.3 is 14.0 Å². The van der Waals surface area contributed by atoms with Crippen molar-refractivity contribution in [3.05, 3.63) is 254 Å². The summed E-state index contributed by atoms with van der Waals surface area (Å²) in [5, 5.41) is -27.0. The Morgan fingerprint density at radius 2 is 0.319 bits per heavy atom. The fourth-order valence-electron chi connectivity index (χ4n) is 10.5. The summed E-state index contributed by atoms with van der Waals surface area (Å²) in [5.74, 6) is -102. The number of fused-ring (bicyclic) bond motifs is 4. The largest absolute Gasteiger partial charge is 0.864 e. The van der Waals surface area contributed by atoms with Gasteiger partial charge in [0.15, 0.2) is 140 Å². The van der Waals surface area contributed by atoms with Crippen LogP contribution in [0.5, 0.6) is 17.2 Å². The summed E-state index contributed by atoms with van der Waals surface area (Å²) in [5.41, 5.74) is -15.5. The van der Waals surface area contributed by atoms with Crippen molar-refractivity contribution in [1.29, 1.82) is 0 Å². The number of hydrogen-bond donors (Lipinski definition) is 0. The van der Waals surface area contributed by atoms with Gasteiger partial charge in [-0.1, -0.05) is 54.6 Å². The average Bonchev–Trinajstić information content (AvgIpc) is 0.663. The van der Waals surface area contributed by atoms with Crippen LogP contribution in [-0.2, 0) is 0 Å². The molecular weight excluding hydrogens is 1300 g/mol. The predicted molar refractivity (Wildman–Crippen MR) is 266 cm³/mol. The molecule has 0 saturated heterocycles. The van der Waals surface area contributed by atoms with Crippen molar-refractivity contribution in [2.75, 3.05) is 0 Å². The number of hydrogen-bond acceptors (Lipinski definition) is 3. The van der Waals surface area contributed by atoms with Crippen LogP contribution < -0.4 is 35.8 Å². The molecular formula is C58H15B2F28O3-. The van der Waals surface area contributed by atoms with Crippen molar-refractivity contribution < 1.29 is 137 Å². The zero-order valence-corrected chi connectivity index (χ0v) is 43.1. The van der Waals surface area contributed by atoms with Crippen molar-refractivity contribution in [2.24, 2.45) is 0 Å². The van der Waals surface area contributed by atoms with E-state index in [-0.39, 0.29) is 0 Å². The molecule has 11 rings (SSSR count). The predicted octanol–water partition coefficient (Wildman–Crippen LogP) is 15.8. The fraction of sp³-hybridized carbons (Fsp3) is 0. The number of rotatable bonds is 10. The molecule has 11 aromatic rings. The van der Waals surface area contributed by atoms with Crippen molar-refractivity contribution >= 4 is 78.4 Å². The smallest absolute Gasteiger partial charge is 0.490 e. The van der Waals surface area contributed by atoms with Gasteiger partial charge in [0.2, 0.25) is 0 Å². The van der Waals surface area contributed by atoms with Crippen LogP contribution in [0.25, 0.3) is 43.1 Å². The zero-order valence-electron chi connectivity index (χ0n) is 43.1. The van der Waals surface area contributed by atoms with Crippen LogP contribution in [0, 0.1) is 163 Å².